The zero-order valence-electron chi connectivity index (χ0n) is 28.3. The molecule has 0 aromatic heterocycles. The fraction of sp³-hybridized carbons (Fsp3) is 0.143. The first kappa shape index (κ1) is 39.7. The minimum Gasteiger partial charge on any atom is -0.309 e. The van der Waals surface area contributed by atoms with Crippen LogP contribution in [0.25, 0.3) is 0 Å². The summed E-state index contributed by atoms with van der Waals surface area (Å²) in [4.78, 5) is 21.6. The standard InChI is InChI=1S/3C14H15N.H3O4P/c3*1-3-7-13(8-4-1)11-15-12-14-9-5-2-6-10-14;1-5(2,3)4/h3*1-10,15H,11-12H2;(H3,1,2,3,4). The minimum absolute atomic E-state index is 0.926. The molecule has 0 fully saturated rings. The number of hydrogen-bond donors (Lipinski definition) is 6. The van der Waals surface area contributed by atoms with E-state index in [0.717, 1.165) is 39.3 Å². The summed E-state index contributed by atoms with van der Waals surface area (Å²) >= 11 is 0. The second-order valence-electron chi connectivity index (χ2n) is 11.2. The number of phosphoric acid groups is 1. The van der Waals surface area contributed by atoms with E-state index in [2.05, 4.69) is 162 Å². The topological polar surface area (TPSA) is 114 Å². The zero-order valence-corrected chi connectivity index (χ0v) is 29.2. The molecule has 0 aliphatic rings. The van der Waals surface area contributed by atoms with Crippen molar-refractivity contribution in [2.24, 2.45) is 0 Å². The van der Waals surface area contributed by atoms with Crippen molar-refractivity contribution in [1.29, 1.82) is 0 Å². The van der Waals surface area contributed by atoms with E-state index in [4.69, 9.17) is 19.2 Å². The van der Waals surface area contributed by atoms with Gasteiger partial charge in [0.2, 0.25) is 0 Å². The van der Waals surface area contributed by atoms with Crippen LogP contribution in [0.2, 0.25) is 0 Å². The Balaban J connectivity index is 0.000000190. The quantitative estimate of drug-likeness (QED) is 0.0722. The summed E-state index contributed by atoms with van der Waals surface area (Å²) in [6, 6.07) is 62.7. The maximum absolute atomic E-state index is 8.88. The van der Waals surface area contributed by atoms with Crippen LogP contribution in [0, 0.1) is 0 Å². The van der Waals surface area contributed by atoms with Crippen LogP contribution in [0.4, 0.5) is 0 Å². The van der Waals surface area contributed by atoms with Gasteiger partial charge in [-0.25, -0.2) is 4.57 Å². The molecule has 0 spiro atoms. The molecular formula is C42H48N3O4P. The maximum Gasteiger partial charge on any atom is 0.466 e. The molecule has 0 saturated heterocycles. The fourth-order valence-electron chi connectivity index (χ4n) is 4.63. The predicted octanol–water partition coefficient (Wildman–Crippen LogP) is 8.00. The Morgan fingerprint density at radius 1 is 0.300 bits per heavy atom. The summed E-state index contributed by atoms with van der Waals surface area (Å²) in [5, 5.41) is 10.3. The van der Waals surface area contributed by atoms with Crippen LogP contribution in [-0.4, -0.2) is 14.7 Å². The maximum atomic E-state index is 8.88. The van der Waals surface area contributed by atoms with Crippen LogP contribution in [0.3, 0.4) is 0 Å². The highest BCUT2D eigenvalue weighted by molar-refractivity contribution is 7.45. The van der Waals surface area contributed by atoms with Crippen LogP contribution in [0.5, 0.6) is 0 Å². The number of hydrogen-bond acceptors (Lipinski definition) is 4. The van der Waals surface area contributed by atoms with Gasteiger partial charge in [0.15, 0.2) is 0 Å². The molecular weight excluding hydrogens is 641 g/mol. The molecule has 0 saturated carbocycles. The summed E-state index contributed by atoms with van der Waals surface area (Å²) in [7, 11) is -4.64. The predicted molar refractivity (Wildman–Crippen MR) is 205 cm³/mol. The van der Waals surface area contributed by atoms with E-state index in [9.17, 15) is 0 Å². The molecule has 6 rings (SSSR count). The fourth-order valence-corrected chi connectivity index (χ4v) is 4.63. The minimum atomic E-state index is -4.64. The molecule has 8 heteroatoms. The molecule has 260 valence electrons. The monoisotopic (exact) mass is 689 g/mol. The van der Waals surface area contributed by atoms with Crippen LogP contribution >= 0.6 is 7.82 Å². The van der Waals surface area contributed by atoms with Gasteiger partial charge < -0.3 is 30.6 Å². The van der Waals surface area contributed by atoms with Crippen LogP contribution in [0.15, 0.2) is 182 Å². The van der Waals surface area contributed by atoms with Crippen molar-refractivity contribution in [2.75, 3.05) is 0 Å². The molecule has 6 aromatic rings. The lowest BCUT2D eigenvalue weighted by Gasteiger charge is -2.04. The number of benzene rings is 6. The second kappa shape index (κ2) is 24.4. The highest BCUT2D eigenvalue weighted by Crippen LogP contribution is 2.25. The van der Waals surface area contributed by atoms with Crippen molar-refractivity contribution in [3.63, 3.8) is 0 Å². The molecule has 0 aliphatic heterocycles. The Morgan fingerprint density at radius 3 is 0.540 bits per heavy atom. The van der Waals surface area contributed by atoms with Crippen molar-refractivity contribution < 1.29 is 19.2 Å². The third-order valence-electron chi connectivity index (χ3n) is 7.03. The van der Waals surface area contributed by atoms with Crippen molar-refractivity contribution in [2.45, 2.75) is 39.3 Å². The number of rotatable bonds is 12. The van der Waals surface area contributed by atoms with Gasteiger partial charge in [-0.1, -0.05) is 182 Å². The van der Waals surface area contributed by atoms with Gasteiger partial charge in [-0.2, -0.15) is 0 Å². The van der Waals surface area contributed by atoms with Gasteiger partial charge in [-0.15, -0.1) is 0 Å². The van der Waals surface area contributed by atoms with Gasteiger partial charge in [-0.05, 0) is 33.4 Å². The van der Waals surface area contributed by atoms with E-state index in [1.54, 1.807) is 0 Å². The molecule has 50 heavy (non-hydrogen) atoms. The third-order valence-corrected chi connectivity index (χ3v) is 7.03. The Morgan fingerprint density at radius 2 is 0.420 bits per heavy atom. The van der Waals surface area contributed by atoms with Gasteiger partial charge in [0, 0.05) is 39.3 Å². The lowest BCUT2D eigenvalue weighted by Crippen LogP contribution is -2.12. The SMILES string of the molecule is O=P(O)(O)O.c1ccc(CNCc2ccccc2)cc1.c1ccc(CNCc2ccccc2)cc1.c1ccc(CNCc2ccccc2)cc1. The molecule has 6 aromatic carbocycles. The van der Waals surface area contributed by atoms with E-state index in [-0.39, 0.29) is 0 Å². The highest BCUT2D eigenvalue weighted by Gasteiger charge is 2.00. The highest BCUT2D eigenvalue weighted by atomic mass is 31.2. The molecule has 6 N–H and O–H groups in total. The van der Waals surface area contributed by atoms with Gasteiger partial charge in [-0.3, -0.25) is 0 Å². The molecule has 7 nitrogen and oxygen atoms in total. The molecule has 0 aliphatic carbocycles. The van der Waals surface area contributed by atoms with Crippen LogP contribution in [0.1, 0.15) is 33.4 Å². The lowest BCUT2D eigenvalue weighted by atomic mass is 10.2. The first-order chi connectivity index (χ1) is 24.3. The van der Waals surface area contributed by atoms with Crippen LogP contribution < -0.4 is 16.0 Å². The normalized spacial score (nSPS) is 10.3. The summed E-state index contributed by atoms with van der Waals surface area (Å²) in [5.41, 5.74) is 7.96. The smallest absolute Gasteiger partial charge is 0.309 e. The molecule has 0 amide bonds. The molecule has 0 bridgehead atoms. The summed E-state index contributed by atoms with van der Waals surface area (Å²) in [5.74, 6) is 0. The van der Waals surface area contributed by atoms with Gasteiger partial charge in [0.25, 0.3) is 0 Å². The summed E-state index contributed by atoms with van der Waals surface area (Å²) in [6.45, 7) is 5.56. The Labute approximate surface area is 297 Å². The largest absolute Gasteiger partial charge is 0.466 e. The lowest BCUT2D eigenvalue weighted by molar-refractivity contribution is 0.275. The van der Waals surface area contributed by atoms with Crippen molar-refractivity contribution in [3.8, 4) is 0 Å². The average Bonchev–Trinajstić information content (AvgIpc) is 3.14. The molecule has 0 heterocycles. The van der Waals surface area contributed by atoms with Crippen LogP contribution in [-0.2, 0) is 43.8 Å². The van der Waals surface area contributed by atoms with E-state index >= 15 is 0 Å². The van der Waals surface area contributed by atoms with Crippen molar-refractivity contribution >= 4 is 7.82 Å². The average molecular weight is 690 g/mol. The molecule has 0 radical (unpaired) electrons. The van der Waals surface area contributed by atoms with E-state index in [1.165, 1.54) is 33.4 Å². The Bertz CT molecular complexity index is 1390. The van der Waals surface area contributed by atoms with E-state index in [1.807, 2.05) is 36.4 Å². The second-order valence-corrected chi connectivity index (χ2v) is 12.3. The summed E-state index contributed by atoms with van der Waals surface area (Å²) < 4.78 is 8.88. The van der Waals surface area contributed by atoms with Gasteiger partial charge in [0.05, 0.1) is 0 Å². The van der Waals surface area contributed by atoms with Crippen molar-refractivity contribution in [3.05, 3.63) is 215 Å². The first-order valence-corrected chi connectivity index (χ1v) is 18.1. The van der Waals surface area contributed by atoms with Gasteiger partial charge >= 0.3 is 7.82 Å². The van der Waals surface area contributed by atoms with E-state index < -0.39 is 7.82 Å². The summed E-state index contributed by atoms with van der Waals surface area (Å²) in [6.07, 6.45) is 0. The molecule has 0 atom stereocenters. The Hall–Kier alpha value is -4.69. The Kier molecular flexibility index (Phi) is 19.4. The number of nitrogens with one attached hydrogen (secondary N) is 3. The first-order valence-electron chi connectivity index (χ1n) is 16.5. The third kappa shape index (κ3) is 20.6. The van der Waals surface area contributed by atoms with E-state index in [0.29, 0.717) is 0 Å². The zero-order chi connectivity index (χ0) is 35.5. The van der Waals surface area contributed by atoms with Crippen molar-refractivity contribution in [1.82, 2.24) is 16.0 Å². The van der Waals surface area contributed by atoms with Gasteiger partial charge in [0.1, 0.15) is 0 Å². The molecule has 0 unspecified atom stereocenters.